The van der Waals surface area contributed by atoms with E-state index >= 15 is 0 Å². The minimum Gasteiger partial charge on any atom is -0.505 e. The van der Waals surface area contributed by atoms with E-state index in [2.05, 4.69) is 30.7 Å². The Labute approximate surface area is 450 Å². The standard InChI is InChI=1S/C43H31N7O23S7/c1-20-6-9-24(10-7-20)80(71,72)73-31-19-25(74(53,54)55)18-28-27(31)12-13-30(43(28)79(68,69)70)47-48-38-33(76(59,60)61)16-22-17-35(78(65,66)67)40(42(52)36(22)37(38)44)49-45-23-8-11-26-21(14-23)15-34(77(62,63)64)39(41(26)51)50-46-29-4-2-3-5-32(29)75(56,57)58/h2-19,51-52H,44H2,1H3,(H,53,54,55)(H,56,57,58)(H,59,60,61)(H,62,63,64)(H,65,66,67)(H,68,69,70). The Kier molecular flexibility index (Phi) is 14.7. The summed E-state index contributed by atoms with van der Waals surface area (Å²) in [7, 11) is -37.2. The molecule has 0 bridgehead atoms. The second-order valence-corrected chi connectivity index (χ2v) is 26.4. The van der Waals surface area contributed by atoms with Gasteiger partial charge in [-0.05, 0) is 96.6 Å². The lowest BCUT2D eigenvalue weighted by atomic mass is 10.0. The van der Waals surface area contributed by atoms with Gasteiger partial charge in [0.1, 0.15) is 57.8 Å². The van der Waals surface area contributed by atoms with E-state index in [4.69, 9.17) is 9.92 Å². The summed E-state index contributed by atoms with van der Waals surface area (Å²) in [6, 6.07) is 16.7. The molecule has 0 spiro atoms. The normalized spacial score (nSPS) is 13.4. The van der Waals surface area contributed by atoms with Gasteiger partial charge in [-0.1, -0.05) is 29.8 Å². The van der Waals surface area contributed by atoms with Crippen LogP contribution in [0.1, 0.15) is 5.56 Å². The number of hydrogen-bond acceptors (Lipinski definition) is 24. The number of hydrogen-bond donors (Lipinski definition) is 9. The maximum atomic E-state index is 13.3. The molecule has 0 fully saturated rings. The highest BCUT2D eigenvalue weighted by Gasteiger charge is 2.31. The molecule has 10 N–H and O–H groups in total. The maximum Gasteiger partial charge on any atom is 0.339 e. The number of nitrogens with zero attached hydrogens (tertiary/aromatic N) is 6. The van der Waals surface area contributed by atoms with E-state index in [0.29, 0.717) is 35.9 Å². The molecule has 0 atom stereocenters. The van der Waals surface area contributed by atoms with Crippen molar-refractivity contribution in [2.75, 3.05) is 5.73 Å². The Morgan fingerprint density at radius 1 is 0.425 bits per heavy atom. The number of azo groups is 3. The summed E-state index contributed by atoms with van der Waals surface area (Å²) in [6.07, 6.45) is 0. The second-order valence-electron chi connectivity index (χ2n) is 16.5. The maximum absolute atomic E-state index is 13.3. The van der Waals surface area contributed by atoms with Crippen LogP contribution in [0.25, 0.3) is 32.3 Å². The lowest BCUT2D eigenvalue weighted by molar-refractivity contribution is 0.471. The van der Waals surface area contributed by atoms with Crippen molar-refractivity contribution in [3.05, 3.63) is 115 Å². The molecule has 8 aromatic carbocycles. The summed E-state index contributed by atoms with van der Waals surface area (Å²) in [6.45, 7) is 1.63. The summed E-state index contributed by atoms with van der Waals surface area (Å²) >= 11 is 0. The topological polar surface area (TPSA) is 510 Å². The summed E-state index contributed by atoms with van der Waals surface area (Å²) in [5.41, 5.74) is 0.689. The minimum atomic E-state index is -5.69. The van der Waals surface area contributed by atoms with Gasteiger partial charge in [0, 0.05) is 22.2 Å². The van der Waals surface area contributed by atoms with Gasteiger partial charge in [-0.25, -0.2) is 0 Å². The zero-order valence-electron chi connectivity index (χ0n) is 39.2. The molecule has 0 unspecified atom stereocenters. The molecule has 0 saturated carbocycles. The van der Waals surface area contributed by atoms with Gasteiger partial charge in [0.2, 0.25) is 0 Å². The van der Waals surface area contributed by atoms with Gasteiger partial charge in [-0.2, -0.15) is 64.0 Å². The van der Waals surface area contributed by atoms with Crippen LogP contribution in [0.2, 0.25) is 0 Å². The molecule has 8 aromatic rings. The minimum absolute atomic E-state index is 0.247. The molecular formula is C43H31N7O23S7. The van der Waals surface area contributed by atoms with Gasteiger partial charge < -0.3 is 20.1 Å². The van der Waals surface area contributed by atoms with Gasteiger partial charge in [0.25, 0.3) is 60.7 Å². The number of nitrogens with two attached hydrogens (primary N) is 1. The molecule has 418 valence electrons. The Balaban J connectivity index is 1.28. The number of phenolic OH excluding ortho intramolecular Hbond substituents is 2. The van der Waals surface area contributed by atoms with Crippen molar-refractivity contribution < 1.29 is 101 Å². The van der Waals surface area contributed by atoms with Gasteiger partial charge in [-0.15, -0.1) is 25.6 Å². The third-order valence-corrected chi connectivity index (χ3v) is 17.7. The van der Waals surface area contributed by atoms with Crippen molar-refractivity contribution in [3.8, 4) is 17.2 Å². The molecule has 8 rings (SSSR count). The number of anilines is 1. The van der Waals surface area contributed by atoms with Crippen LogP contribution in [0.5, 0.6) is 17.2 Å². The largest absolute Gasteiger partial charge is 0.505 e. The van der Waals surface area contributed by atoms with E-state index in [0.717, 1.165) is 54.6 Å². The SMILES string of the molecule is Cc1ccc(S(=O)(=O)Oc2cc(S(=O)(=O)O)cc3c(S(=O)(=O)O)c(N=Nc4c(S(=O)(=O)O)cc5cc(S(=O)(=O)O)c(N=Nc6ccc7c(O)c(N=Nc8ccccc8S(=O)(=O)O)c(S(=O)(=O)O)cc7c6)c(O)c5c4N)ccc23)cc1. The highest BCUT2D eigenvalue weighted by molar-refractivity contribution is 7.88. The van der Waals surface area contributed by atoms with Crippen LogP contribution in [0.4, 0.5) is 39.8 Å². The summed E-state index contributed by atoms with van der Waals surface area (Å²) in [5, 5.41) is 41.3. The van der Waals surface area contributed by atoms with Gasteiger partial charge in [0.15, 0.2) is 17.2 Å². The molecule has 0 heterocycles. The molecular weight excluding hydrogens is 1210 g/mol. The molecule has 0 aliphatic rings. The molecule has 0 aliphatic carbocycles. The van der Waals surface area contributed by atoms with Crippen LogP contribution >= 0.6 is 0 Å². The number of rotatable bonds is 15. The number of aromatic hydroxyl groups is 2. The first-order valence-electron chi connectivity index (χ1n) is 21.1. The van der Waals surface area contributed by atoms with Crippen LogP contribution in [0.15, 0.2) is 174 Å². The van der Waals surface area contributed by atoms with Crippen molar-refractivity contribution in [1.82, 2.24) is 0 Å². The molecule has 0 amide bonds. The molecule has 80 heavy (non-hydrogen) atoms. The number of fused-ring (bicyclic) bond motifs is 3. The van der Waals surface area contributed by atoms with Crippen molar-refractivity contribution in [3.63, 3.8) is 0 Å². The predicted octanol–water partition coefficient (Wildman–Crippen LogP) is 7.94. The van der Waals surface area contributed by atoms with Crippen molar-refractivity contribution >= 4 is 143 Å². The zero-order chi connectivity index (χ0) is 59.0. The van der Waals surface area contributed by atoms with E-state index < -0.39 is 178 Å². The third-order valence-electron chi connectivity index (χ3n) is 11.2. The first-order chi connectivity index (χ1) is 36.9. The van der Waals surface area contributed by atoms with Gasteiger partial charge in [-0.3, -0.25) is 27.3 Å². The van der Waals surface area contributed by atoms with E-state index in [1.165, 1.54) is 24.3 Å². The summed E-state index contributed by atoms with van der Waals surface area (Å²) in [5.74, 6) is -3.25. The highest BCUT2D eigenvalue weighted by Crippen LogP contribution is 2.50. The molecule has 37 heteroatoms. The molecule has 30 nitrogen and oxygen atoms in total. The summed E-state index contributed by atoms with van der Waals surface area (Å²) < 4.78 is 244. The van der Waals surface area contributed by atoms with Gasteiger partial charge >= 0.3 is 10.1 Å². The molecule has 0 saturated heterocycles. The third kappa shape index (κ3) is 11.7. The number of phenols is 2. The van der Waals surface area contributed by atoms with Crippen LogP contribution < -0.4 is 9.92 Å². The monoisotopic (exact) mass is 1240 g/mol. The smallest absolute Gasteiger partial charge is 0.339 e. The van der Waals surface area contributed by atoms with E-state index in [9.17, 15) is 96.5 Å². The van der Waals surface area contributed by atoms with Gasteiger partial charge in [0.05, 0.1) is 21.7 Å². The average Bonchev–Trinajstić information content (AvgIpc) is 3.54. The lowest BCUT2D eigenvalue weighted by Crippen LogP contribution is -2.11. The van der Waals surface area contributed by atoms with Crippen molar-refractivity contribution in [2.45, 2.75) is 41.2 Å². The molecule has 0 radical (unpaired) electrons. The predicted molar refractivity (Wildman–Crippen MR) is 276 cm³/mol. The van der Waals surface area contributed by atoms with E-state index in [1.54, 1.807) is 6.92 Å². The van der Waals surface area contributed by atoms with E-state index in [-0.39, 0.29) is 16.5 Å². The highest BCUT2D eigenvalue weighted by atomic mass is 32.2. The molecule has 0 aromatic heterocycles. The Hall–Kier alpha value is -8.05. The quantitative estimate of drug-likeness (QED) is 0.0203. The lowest BCUT2D eigenvalue weighted by Gasteiger charge is -2.15. The Bertz CT molecular complexity index is 4960. The Morgan fingerprint density at radius 2 is 0.938 bits per heavy atom. The zero-order valence-corrected chi connectivity index (χ0v) is 44.9. The number of nitrogen functional groups attached to an aromatic ring is 1. The number of benzene rings is 8. The molecule has 0 aliphatic heterocycles. The van der Waals surface area contributed by atoms with Crippen LogP contribution in [-0.4, -0.2) is 96.5 Å². The fraction of sp³-hybridized carbons (Fsp3) is 0.0233. The average molecular weight is 1240 g/mol. The summed E-state index contributed by atoms with van der Waals surface area (Å²) in [4.78, 5) is -7.60. The van der Waals surface area contributed by atoms with Crippen LogP contribution in [-0.2, 0) is 70.8 Å². The van der Waals surface area contributed by atoms with E-state index in [1.807, 2.05) is 0 Å². The van der Waals surface area contributed by atoms with Crippen LogP contribution in [0.3, 0.4) is 0 Å². The van der Waals surface area contributed by atoms with Crippen LogP contribution in [0, 0.1) is 6.92 Å². The first kappa shape index (κ1) is 58.1. The first-order valence-corrected chi connectivity index (χ1v) is 31.1. The fourth-order valence-corrected chi connectivity index (χ4v) is 12.5. The number of aryl methyl sites for hydroxylation is 1. The fourth-order valence-electron chi connectivity index (χ4n) is 7.65. The Morgan fingerprint density at radius 3 is 1.51 bits per heavy atom. The van der Waals surface area contributed by atoms with Crippen molar-refractivity contribution in [2.24, 2.45) is 30.7 Å². The second kappa shape index (κ2) is 20.2. The van der Waals surface area contributed by atoms with Crippen molar-refractivity contribution in [1.29, 1.82) is 0 Å².